The molecule has 0 radical (unpaired) electrons. The molecule has 2 aromatic rings. The van der Waals surface area contributed by atoms with Crippen LogP contribution in [-0.4, -0.2) is 22.2 Å². The van der Waals surface area contributed by atoms with Crippen LogP contribution in [0.2, 0.25) is 0 Å². The van der Waals surface area contributed by atoms with E-state index in [-0.39, 0.29) is 0 Å². The average molecular weight is 338 g/mol. The summed E-state index contributed by atoms with van der Waals surface area (Å²) in [6.45, 7) is 11.5. The van der Waals surface area contributed by atoms with Crippen molar-refractivity contribution < 1.29 is 19.8 Å². The van der Waals surface area contributed by atoms with Crippen LogP contribution in [0.1, 0.15) is 42.4 Å². The summed E-state index contributed by atoms with van der Waals surface area (Å²) in [5.74, 6) is -1.72. The molecule has 0 aliphatic heterocycles. The molecule has 2 heterocycles. The van der Waals surface area contributed by atoms with Gasteiger partial charge in [-0.1, -0.05) is 0 Å². The Morgan fingerprint density at radius 3 is 1.14 bits per heavy atom. The third kappa shape index (κ3) is 2.22. The highest BCUT2D eigenvalue weighted by molar-refractivity contribution is 7.58. The summed E-state index contributed by atoms with van der Waals surface area (Å²) in [4.78, 5) is 23.1. The normalized spacial score (nSPS) is 12.6. The maximum atomic E-state index is 11.5. The second kappa shape index (κ2) is 5.61. The Kier molecular flexibility index (Phi) is 4.30. The Morgan fingerprint density at radius 2 is 0.955 bits per heavy atom. The zero-order valence-electron chi connectivity index (χ0n) is 13.6. The Labute approximate surface area is 131 Å². The van der Waals surface area contributed by atoms with Gasteiger partial charge in [-0.2, -0.15) is 0 Å². The van der Waals surface area contributed by atoms with E-state index in [1.165, 1.54) is 0 Å². The fraction of sp³-hybridized carbons (Fsp3) is 0.375. The summed E-state index contributed by atoms with van der Waals surface area (Å²) >= 11 is 0. The highest BCUT2D eigenvalue weighted by Gasteiger charge is 2.27. The van der Waals surface area contributed by atoms with Crippen LogP contribution in [0, 0.1) is 27.7 Å². The van der Waals surface area contributed by atoms with Crippen molar-refractivity contribution >= 4 is 27.0 Å². The minimum atomic E-state index is -0.933. The van der Waals surface area contributed by atoms with Gasteiger partial charge in [0.1, 0.15) is 0 Å². The lowest BCUT2D eigenvalue weighted by Crippen LogP contribution is -1.95. The molecule has 0 fully saturated rings. The van der Waals surface area contributed by atoms with Crippen molar-refractivity contribution in [2.45, 2.75) is 27.7 Å². The molecule has 4 nitrogen and oxygen atoms in total. The van der Waals surface area contributed by atoms with Gasteiger partial charge in [0.25, 0.3) is 0 Å². The summed E-state index contributed by atoms with van der Waals surface area (Å²) in [5, 5.41) is 22.1. The van der Waals surface area contributed by atoms with Crippen molar-refractivity contribution in [1.82, 2.24) is 0 Å². The predicted molar refractivity (Wildman–Crippen MR) is 92.1 cm³/mol. The number of carboxylic acids is 2. The molecule has 0 bridgehead atoms. The van der Waals surface area contributed by atoms with Crippen LogP contribution in [-0.2, 0) is 13.3 Å². The Bertz CT molecular complexity index is 741. The molecule has 2 N–H and O–H groups in total. The van der Waals surface area contributed by atoms with Crippen molar-refractivity contribution in [2.24, 2.45) is 13.3 Å². The van der Waals surface area contributed by atoms with Gasteiger partial charge in [-0.3, -0.25) is 0 Å². The minimum Gasteiger partial charge on any atom is -0.477 e. The molecule has 0 aromatic carbocycles. The van der Waals surface area contributed by atoms with E-state index in [0.29, 0.717) is 10.6 Å². The smallest absolute Gasteiger partial charge is 0.340 e. The van der Waals surface area contributed by atoms with Crippen molar-refractivity contribution in [1.29, 1.82) is 0 Å². The first kappa shape index (κ1) is 16.9. The fourth-order valence-electron chi connectivity index (χ4n) is 3.22. The SMILES string of the molecule is Cc1c(C)c(-c2c(C)c(C)c(C(=O)O)p2C)p(C)c1C(=O)O. The van der Waals surface area contributed by atoms with Gasteiger partial charge in [-0.25, -0.2) is 9.59 Å². The van der Waals surface area contributed by atoms with Gasteiger partial charge in [-0.15, -0.1) is 15.1 Å². The van der Waals surface area contributed by atoms with Gasteiger partial charge in [0.2, 0.25) is 0 Å². The zero-order valence-corrected chi connectivity index (χ0v) is 15.4. The number of hydrogen-bond donors (Lipinski definition) is 2. The predicted octanol–water partition coefficient (Wildman–Crippen LogP) is 5.03. The van der Waals surface area contributed by atoms with E-state index in [2.05, 4.69) is 0 Å². The lowest BCUT2D eigenvalue weighted by Gasteiger charge is -2.07. The maximum absolute atomic E-state index is 11.5. The Morgan fingerprint density at radius 1 is 0.682 bits per heavy atom. The van der Waals surface area contributed by atoms with E-state index in [9.17, 15) is 19.8 Å². The summed E-state index contributed by atoms with van der Waals surface area (Å²) in [5.41, 5.74) is 3.69. The lowest BCUT2D eigenvalue weighted by molar-refractivity contribution is 0.0690. The first-order chi connectivity index (χ1) is 10.1. The minimum absolute atomic E-state index is 0.493. The van der Waals surface area contributed by atoms with Gasteiger partial charge in [0, 0.05) is 10.6 Å². The summed E-state index contributed by atoms with van der Waals surface area (Å²) in [6, 6.07) is 0. The van der Waals surface area contributed by atoms with E-state index in [0.717, 1.165) is 32.8 Å². The average Bonchev–Trinajstić information content (AvgIpc) is 2.74. The molecule has 2 atom stereocenters. The fourth-order valence-corrected chi connectivity index (χ4v) is 8.80. The van der Waals surface area contributed by atoms with Crippen molar-refractivity contribution in [3.05, 3.63) is 32.8 Å². The van der Waals surface area contributed by atoms with Gasteiger partial charge in [0.15, 0.2) is 0 Å². The lowest BCUT2D eigenvalue weighted by atomic mass is 10.1. The number of rotatable bonds is 3. The topological polar surface area (TPSA) is 74.6 Å². The molecule has 0 saturated carbocycles. The van der Waals surface area contributed by atoms with Crippen molar-refractivity contribution in [3.8, 4) is 10.6 Å². The van der Waals surface area contributed by atoms with E-state index in [1.54, 1.807) is 0 Å². The van der Waals surface area contributed by atoms with Crippen LogP contribution in [0.3, 0.4) is 0 Å². The molecule has 2 rings (SSSR count). The highest BCUT2D eigenvalue weighted by Crippen LogP contribution is 2.57. The molecule has 0 amide bonds. The summed E-state index contributed by atoms with van der Waals surface area (Å²) in [7, 11) is -1.87. The van der Waals surface area contributed by atoms with Crippen LogP contribution in [0.4, 0.5) is 0 Å². The molecule has 22 heavy (non-hydrogen) atoms. The molecule has 2 unspecified atom stereocenters. The Hall–Kier alpha value is -1.50. The second-order valence-corrected chi connectivity index (χ2v) is 9.65. The van der Waals surface area contributed by atoms with Crippen molar-refractivity contribution in [2.75, 3.05) is 0 Å². The van der Waals surface area contributed by atoms with E-state index < -0.39 is 27.0 Å². The molecule has 0 aliphatic carbocycles. The van der Waals surface area contributed by atoms with E-state index >= 15 is 0 Å². The second-order valence-electron chi connectivity index (χ2n) is 5.62. The van der Waals surface area contributed by atoms with Gasteiger partial charge < -0.3 is 10.2 Å². The van der Waals surface area contributed by atoms with Crippen LogP contribution >= 0.6 is 15.1 Å². The molecule has 6 heteroatoms. The van der Waals surface area contributed by atoms with Crippen LogP contribution in [0.15, 0.2) is 0 Å². The number of hydrogen-bond acceptors (Lipinski definition) is 2. The monoisotopic (exact) mass is 338 g/mol. The van der Waals surface area contributed by atoms with Crippen LogP contribution < -0.4 is 0 Å². The van der Waals surface area contributed by atoms with Crippen LogP contribution in [0.25, 0.3) is 10.6 Å². The third-order valence-electron chi connectivity index (χ3n) is 4.52. The van der Waals surface area contributed by atoms with E-state index in [4.69, 9.17) is 0 Å². The maximum Gasteiger partial charge on any atom is 0.340 e. The van der Waals surface area contributed by atoms with E-state index in [1.807, 2.05) is 41.0 Å². The molecule has 118 valence electrons. The standard InChI is InChI=1S/C16H20O4P2/c1-7-9(3)13(15(17)18)21(5)11(7)12-8(2)10(4)14(16(19)20)22(12)6/h1-6H3,(H,17,18)(H,19,20). The molecular formula is C16H20O4P2. The highest BCUT2D eigenvalue weighted by atomic mass is 31.1. The molecule has 0 saturated heterocycles. The van der Waals surface area contributed by atoms with Crippen LogP contribution in [0.5, 0.6) is 0 Å². The van der Waals surface area contributed by atoms with Gasteiger partial charge in [-0.05, 0) is 63.3 Å². The third-order valence-corrected chi connectivity index (χ3v) is 9.55. The van der Waals surface area contributed by atoms with Gasteiger partial charge >= 0.3 is 11.9 Å². The number of aromatic carboxylic acids is 2. The molecule has 0 aliphatic rings. The zero-order chi connectivity index (χ0) is 16.9. The van der Waals surface area contributed by atoms with Gasteiger partial charge in [0.05, 0.1) is 10.6 Å². The number of carboxylic acid groups (broad SMARTS) is 2. The largest absolute Gasteiger partial charge is 0.477 e. The quantitative estimate of drug-likeness (QED) is 0.823. The summed E-state index contributed by atoms with van der Waals surface area (Å²) in [6.07, 6.45) is 0. The van der Waals surface area contributed by atoms with Crippen molar-refractivity contribution in [3.63, 3.8) is 0 Å². The molecule has 2 aromatic heterocycles. The first-order valence-corrected chi connectivity index (χ1v) is 10.5. The molecular weight excluding hydrogens is 318 g/mol. The molecule has 0 spiro atoms. The number of carbonyl (C=O) groups is 2. The summed E-state index contributed by atoms with van der Waals surface area (Å²) < 4.78 is 0. The first-order valence-electron chi connectivity index (χ1n) is 6.89. The Balaban J connectivity index is 2.91.